The number of carbonyl (C=O) groups excluding carboxylic acids is 1. The molecule has 0 fully saturated rings. The van der Waals surface area contributed by atoms with Crippen molar-refractivity contribution in [2.75, 3.05) is 20.8 Å². The summed E-state index contributed by atoms with van der Waals surface area (Å²) in [6.07, 6.45) is 0. The van der Waals surface area contributed by atoms with Crippen LogP contribution in [-0.2, 0) is 6.54 Å². The molecule has 2 aromatic rings. The van der Waals surface area contributed by atoms with Crippen molar-refractivity contribution in [3.05, 3.63) is 41.5 Å². The number of carbonyl (C=O) groups is 1. The van der Waals surface area contributed by atoms with Gasteiger partial charge < -0.3 is 19.5 Å². The Bertz CT molecular complexity index is 755. The molecule has 0 bridgehead atoms. The maximum absolute atomic E-state index is 11.7. The monoisotopic (exact) mass is 313 g/mol. The molecule has 1 N–H and O–H groups in total. The van der Waals surface area contributed by atoms with E-state index in [9.17, 15) is 4.79 Å². The molecule has 5 heteroatoms. The molecule has 0 atom stereocenters. The van der Waals surface area contributed by atoms with Gasteiger partial charge in [-0.1, -0.05) is 6.07 Å². The van der Waals surface area contributed by atoms with Gasteiger partial charge in [0.15, 0.2) is 11.5 Å². The molecular weight excluding hydrogens is 294 g/mol. The zero-order valence-corrected chi connectivity index (χ0v) is 13.4. The van der Waals surface area contributed by atoms with Gasteiger partial charge in [-0.15, -0.1) is 0 Å². The van der Waals surface area contributed by atoms with Gasteiger partial charge in [0.2, 0.25) is 5.75 Å². The Labute approximate surface area is 135 Å². The third-order valence-electron chi connectivity index (χ3n) is 3.89. The van der Waals surface area contributed by atoms with Crippen LogP contribution in [0.4, 0.5) is 0 Å². The topological polar surface area (TPSA) is 56.8 Å². The number of benzene rings is 2. The van der Waals surface area contributed by atoms with Gasteiger partial charge in [-0.05, 0) is 42.3 Å². The van der Waals surface area contributed by atoms with Crippen LogP contribution in [0.3, 0.4) is 0 Å². The first-order valence-electron chi connectivity index (χ1n) is 7.48. The van der Waals surface area contributed by atoms with Gasteiger partial charge in [0.25, 0.3) is 5.91 Å². The third kappa shape index (κ3) is 2.59. The average molecular weight is 313 g/mol. The Balaban J connectivity index is 2.14. The average Bonchev–Trinajstić information content (AvgIpc) is 2.95. The van der Waals surface area contributed by atoms with Gasteiger partial charge >= 0.3 is 0 Å². The molecule has 0 spiro atoms. The number of amides is 1. The fourth-order valence-corrected chi connectivity index (χ4v) is 2.81. The van der Waals surface area contributed by atoms with Gasteiger partial charge in [0, 0.05) is 17.7 Å². The molecule has 0 unspecified atom stereocenters. The molecule has 5 nitrogen and oxygen atoms in total. The molecule has 1 aliphatic heterocycles. The third-order valence-corrected chi connectivity index (χ3v) is 3.89. The highest BCUT2D eigenvalue weighted by Crippen LogP contribution is 2.44. The summed E-state index contributed by atoms with van der Waals surface area (Å²) in [6, 6.07) is 9.58. The van der Waals surface area contributed by atoms with Gasteiger partial charge in [-0.2, -0.15) is 0 Å². The van der Waals surface area contributed by atoms with E-state index >= 15 is 0 Å². The highest BCUT2D eigenvalue weighted by Gasteiger charge is 2.22. The van der Waals surface area contributed by atoms with Crippen molar-refractivity contribution in [1.29, 1.82) is 0 Å². The number of methoxy groups -OCH3 is 2. The maximum atomic E-state index is 11.7. The van der Waals surface area contributed by atoms with E-state index in [1.807, 2.05) is 37.3 Å². The Hall–Kier alpha value is -2.69. The predicted molar refractivity (Wildman–Crippen MR) is 87.3 cm³/mol. The molecule has 0 radical (unpaired) electrons. The fourth-order valence-electron chi connectivity index (χ4n) is 2.81. The fraction of sp³-hybridized carbons (Fsp3) is 0.278. The predicted octanol–water partition coefficient (Wildman–Crippen LogP) is 3.01. The van der Waals surface area contributed by atoms with Gasteiger partial charge in [0.05, 0.1) is 20.8 Å². The van der Waals surface area contributed by atoms with E-state index in [2.05, 4.69) is 5.32 Å². The highest BCUT2D eigenvalue weighted by molar-refractivity contribution is 5.99. The molecule has 0 saturated heterocycles. The van der Waals surface area contributed by atoms with Crippen LogP contribution in [0.25, 0.3) is 11.1 Å². The minimum absolute atomic E-state index is 0.0242. The molecule has 120 valence electrons. The Morgan fingerprint density at radius 1 is 1.04 bits per heavy atom. The Morgan fingerprint density at radius 2 is 1.83 bits per heavy atom. The van der Waals surface area contributed by atoms with Crippen molar-refractivity contribution in [3.8, 4) is 28.4 Å². The summed E-state index contributed by atoms with van der Waals surface area (Å²) in [4.78, 5) is 11.7. The molecule has 1 aliphatic rings. The lowest BCUT2D eigenvalue weighted by Crippen LogP contribution is -2.12. The summed E-state index contributed by atoms with van der Waals surface area (Å²) in [5, 5.41) is 2.83. The minimum atomic E-state index is -0.0242. The largest absolute Gasteiger partial charge is 0.493 e. The smallest absolute Gasteiger partial charge is 0.251 e. The van der Waals surface area contributed by atoms with Crippen molar-refractivity contribution in [1.82, 2.24) is 5.32 Å². The number of hydrogen-bond donors (Lipinski definition) is 1. The van der Waals surface area contributed by atoms with E-state index in [0.717, 1.165) is 22.3 Å². The molecule has 1 heterocycles. The first-order chi connectivity index (χ1) is 11.2. The summed E-state index contributed by atoms with van der Waals surface area (Å²) >= 11 is 0. The Kier molecular flexibility index (Phi) is 4.10. The van der Waals surface area contributed by atoms with E-state index in [0.29, 0.717) is 30.4 Å². The molecular formula is C18H19NO4. The van der Waals surface area contributed by atoms with Gasteiger partial charge in [-0.3, -0.25) is 4.79 Å². The summed E-state index contributed by atoms with van der Waals surface area (Å²) in [5.41, 5.74) is 3.60. The molecule has 1 amide bonds. The second-order valence-corrected chi connectivity index (χ2v) is 5.17. The van der Waals surface area contributed by atoms with E-state index in [1.165, 1.54) is 0 Å². The van der Waals surface area contributed by atoms with Gasteiger partial charge in [-0.25, -0.2) is 0 Å². The first kappa shape index (κ1) is 15.2. The van der Waals surface area contributed by atoms with Crippen molar-refractivity contribution in [3.63, 3.8) is 0 Å². The zero-order chi connectivity index (χ0) is 16.4. The van der Waals surface area contributed by atoms with Crippen LogP contribution >= 0.6 is 0 Å². The van der Waals surface area contributed by atoms with Crippen molar-refractivity contribution < 1.29 is 19.0 Å². The highest BCUT2D eigenvalue weighted by atomic mass is 16.5. The SMILES string of the molecule is CCOc1c(-c2ccc3c(c2)CNC3=O)ccc(OC)c1OC. The second kappa shape index (κ2) is 6.20. The summed E-state index contributed by atoms with van der Waals surface area (Å²) < 4.78 is 16.6. The number of rotatable bonds is 5. The lowest BCUT2D eigenvalue weighted by molar-refractivity contribution is 0.0966. The molecule has 3 rings (SSSR count). The first-order valence-corrected chi connectivity index (χ1v) is 7.48. The summed E-state index contributed by atoms with van der Waals surface area (Å²) in [7, 11) is 3.19. The van der Waals surface area contributed by atoms with E-state index < -0.39 is 0 Å². The molecule has 0 aliphatic carbocycles. The van der Waals surface area contributed by atoms with Crippen molar-refractivity contribution in [2.45, 2.75) is 13.5 Å². The van der Waals surface area contributed by atoms with E-state index in [4.69, 9.17) is 14.2 Å². The number of fused-ring (bicyclic) bond motifs is 1. The Morgan fingerprint density at radius 3 is 2.52 bits per heavy atom. The standard InChI is InChI=1S/C18H19NO4/c1-4-23-16-13(7-8-15(21-2)17(16)22-3)11-5-6-14-12(9-11)10-19-18(14)20/h5-9H,4,10H2,1-3H3,(H,19,20). The quantitative estimate of drug-likeness (QED) is 0.922. The number of ether oxygens (including phenoxy) is 3. The molecule has 23 heavy (non-hydrogen) atoms. The van der Waals surface area contributed by atoms with Crippen LogP contribution in [0.2, 0.25) is 0 Å². The normalized spacial score (nSPS) is 12.6. The number of hydrogen-bond acceptors (Lipinski definition) is 4. The number of nitrogens with one attached hydrogen (secondary N) is 1. The minimum Gasteiger partial charge on any atom is -0.493 e. The lowest BCUT2D eigenvalue weighted by atomic mass is 9.99. The van der Waals surface area contributed by atoms with Crippen molar-refractivity contribution in [2.24, 2.45) is 0 Å². The molecule has 0 saturated carbocycles. The van der Waals surface area contributed by atoms with Crippen molar-refractivity contribution >= 4 is 5.91 Å². The molecule has 0 aromatic heterocycles. The molecule has 2 aromatic carbocycles. The van der Waals surface area contributed by atoms with E-state index in [1.54, 1.807) is 14.2 Å². The van der Waals surface area contributed by atoms with Crippen LogP contribution in [0.5, 0.6) is 17.2 Å². The van der Waals surface area contributed by atoms with Crippen LogP contribution in [0, 0.1) is 0 Å². The second-order valence-electron chi connectivity index (χ2n) is 5.17. The summed E-state index contributed by atoms with van der Waals surface area (Å²) in [6.45, 7) is 2.99. The van der Waals surface area contributed by atoms with E-state index in [-0.39, 0.29) is 5.91 Å². The lowest BCUT2D eigenvalue weighted by Gasteiger charge is -2.17. The summed E-state index contributed by atoms with van der Waals surface area (Å²) in [5.74, 6) is 1.81. The van der Waals surface area contributed by atoms with Crippen LogP contribution in [0.1, 0.15) is 22.8 Å². The van der Waals surface area contributed by atoms with Crippen LogP contribution in [-0.4, -0.2) is 26.7 Å². The maximum Gasteiger partial charge on any atom is 0.251 e. The zero-order valence-electron chi connectivity index (χ0n) is 13.4. The van der Waals surface area contributed by atoms with Crippen LogP contribution < -0.4 is 19.5 Å². The van der Waals surface area contributed by atoms with Crippen LogP contribution in [0.15, 0.2) is 30.3 Å². The van der Waals surface area contributed by atoms with Gasteiger partial charge in [0.1, 0.15) is 0 Å².